The maximum absolute atomic E-state index is 12.8. The first-order valence-corrected chi connectivity index (χ1v) is 4.78. The number of azide groups is 1. The third-order valence-corrected chi connectivity index (χ3v) is 2.47. The molecule has 5 nitrogen and oxygen atoms in total. The van der Waals surface area contributed by atoms with Crippen molar-refractivity contribution in [1.29, 1.82) is 0 Å². The smallest absolute Gasteiger partial charge is 0.375 e. The molecule has 0 aliphatic carbocycles. The summed E-state index contributed by atoms with van der Waals surface area (Å²) in [6.07, 6.45) is -5.56. The van der Waals surface area contributed by atoms with Crippen LogP contribution in [-0.4, -0.2) is 37.6 Å². The van der Waals surface area contributed by atoms with Gasteiger partial charge in [0.15, 0.2) is 5.60 Å². The molecule has 0 saturated carbocycles. The molecule has 2 atom stereocenters. The lowest BCUT2D eigenvalue weighted by Crippen LogP contribution is -2.57. The molecular weight excluding hydrogens is 227 g/mol. The highest BCUT2D eigenvalue weighted by Gasteiger charge is 2.57. The average Bonchev–Trinajstić information content (AvgIpc) is 2.25. The number of halogens is 3. The topological polar surface area (TPSA) is 67.2 Å². The van der Waals surface area contributed by atoms with Gasteiger partial charge in [0.1, 0.15) is 0 Å². The average molecular weight is 239 g/mol. The molecule has 16 heavy (non-hydrogen) atoms. The van der Waals surface area contributed by atoms with Crippen LogP contribution in [-0.2, 0) is 9.47 Å². The minimum atomic E-state index is -4.49. The van der Waals surface area contributed by atoms with E-state index in [1.165, 1.54) is 6.92 Å². The lowest BCUT2D eigenvalue weighted by molar-refractivity contribution is -0.329. The molecule has 0 bridgehead atoms. The molecule has 0 aromatic carbocycles. The third kappa shape index (κ3) is 2.58. The van der Waals surface area contributed by atoms with Crippen molar-refractivity contribution >= 4 is 0 Å². The van der Waals surface area contributed by atoms with Gasteiger partial charge in [-0.2, -0.15) is 13.2 Å². The fourth-order valence-electron chi connectivity index (χ4n) is 1.49. The van der Waals surface area contributed by atoms with Crippen molar-refractivity contribution in [3.05, 3.63) is 10.4 Å². The summed E-state index contributed by atoms with van der Waals surface area (Å²) in [5.74, 6) is 0. The van der Waals surface area contributed by atoms with Crippen molar-refractivity contribution in [2.75, 3.05) is 19.8 Å². The number of alkyl halides is 3. The predicted octanol–water partition coefficient (Wildman–Crippen LogP) is 2.42. The van der Waals surface area contributed by atoms with E-state index in [0.717, 1.165) is 0 Å². The van der Waals surface area contributed by atoms with Crippen molar-refractivity contribution in [1.82, 2.24) is 0 Å². The van der Waals surface area contributed by atoms with Crippen LogP contribution in [0.4, 0.5) is 13.2 Å². The number of nitrogens with zero attached hydrogens (tertiary/aromatic N) is 3. The highest BCUT2D eigenvalue weighted by Crippen LogP contribution is 2.39. The van der Waals surface area contributed by atoms with E-state index in [9.17, 15) is 13.2 Å². The SMILES string of the molecule is CCC1(C(F)(F)F)COCC(CN=[N+]=[N-])O1. The van der Waals surface area contributed by atoms with Gasteiger partial charge in [-0.05, 0) is 12.0 Å². The molecule has 1 fully saturated rings. The van der Waals surface area contributed by atoms with E-state index in [0.29, 0.717) is 0 Å². The second kappa shape index (κ2) is 4.90. The van der Waals surface area contributed by atoms with Crippen LogP contribution in [0.2, 0.25) is 0 Å². The molecule has 0 aromatic heterocycles. The van der Waals surface area contributed by atoms with Gasteiger partial charge >= 0.3 is 6.18 Å². The van der Waals surface area contributed by atoms with Crippen molar-refractivity contribution in [2.24, 2.45) is 5.11 Å². The summed E-state index contributed by atoms with van der Waals surface area (Å²) in [5.41, 5.74) is 5.81. The zero-order chi connectivity index (χ0) is 12.2. The monoisotopic (exact) mass is 239 g/mol. The third-order valence-electron chi connectivity index (χ3n) is 2.47. The Balaban J connectivity index is 2.76. The van der Waals surface area contributed by atoms with E-state index < -0.39 is 24.5 Å². The van der Waals surface area contributed by atoms with Crippen LogP contribution in [0.25, 0.3) is 10.4 Å². The van der Waals surface area contributed by atoms with Gasteiger partial charge in [-0.3, -0.25) is 0 Å². The van der Waals surface area contributed by atoms with E-state index in [4.69, 9.17) is 15.0 Å². The predicted molar refractivity (Wildman–Crippen MR) is 48.8 cm³/mol. The molecule has 1 heterocycles. The Labute approximate surface area is 90.1 Å². The van der Waals surface area contributed by atoms with Gasteiger partial charge in [0, 0.05) is 4.91 Å². The van der Waals surface area contributed by atoms with Gasteiger partial charge < -0.3 is 9.47 Å². The minimum absolute atomic E-state index is 0.0108. The van der Waals surface area contributed by atoms with E-state index in [-0.39, 0.29) is 19.6 Å². The summed E-state index contributed by atoms with van der Waals surface area (Å²) in [4.78, 5) is 2.47. The highest BCUT2D eigenvalue weighted by atomic mass is 19.4. The number of rotatable bonds is 3. The second-order valence-electron chi connectivity index (χ2n) is 3.51. The molecule has 2 unspecified atom stereocenters. The molecular formula is C8H12F3N3O2. The summed E-state index contributed by atoms with van der Waals surface area (Å²) in [5, 5.41) is 3.19. The number of hydrogen-bond acceptors (Lipinski definition) is 3. The van der Waals surface area contributed by atoms with Crippen molar-refractivity contribution in [3.63, 3.8) is 0 Å². The van der Waals surface area contributed by atoms with Gasteiger partial charge in [-0.15, -0.1) is 0 Å². The minimum Gasteiger partial charge on any atom is -0.375 e. The normalized spacial score (nSPS) is 30.9. The summed E-state index contributed by atoms with van der Waals surface area (Å²) in [6.45, 7) is 0.720. The van der Waals surface area contributed by atoms with E-state index in [1.807, 2.05) is 0 Å². The Morgan fingerprint density at radius 3 is 2.75 bits per heavy atom. The van der Waals surface area contributed by atoms with Crippen LogP contribution >= 0.6 is 0 Å². The number of hydrogen-bond donors (Lipinski definition) is 0. The molecule has 92 valence electrons. The van der Waals surface area contributed by atoms with E-state index in [2.05, 4.69) is 10.0 Å². The van der Waals surface area contributed by atoms with Crippen molar-refractivity contribution < 1.29 is 22.6 Å². The van der Waals surface area contributed by atoms with Crippen LogP contribution in [0.15, 0.2) is 5.11 Å². The summed E-state index contributed by atoms with van der Waals surface area (Å²) >= 11 is 0. The van der Waals surface area contributed by atoms with Crippen LogP contribution in [0.1, 0.15) is 13.3 Å². The van der Waals surface area contributed by atoms with Crippen LogP contribution in [0, 0.1) is 0 Å². The second-order valence-corrected chi connectivity index (χ2v) is 3.51. The van der Waals surface area contributed by atoms with E-state index in [1.54, 1.807) is 0 Å². The van der Waals surface area contributed by atoms with E-state index >= 15 is 0 Å². The van der Waals surface area contributed by atoms with Gasteiger partial charge in [-0.25, -0.2) is 0 Å². The maximum Gasteiger partial charge on any atom is 0.419 e. The standard InChI is InChI=1S/C8H12F3N3O2/c1-2-7(8(9,10)11)5-15-4-6(16-7)3-13-14-12/h6H,2-5H2,1H3. The molecule has 1 rings (SSSR count). The van der Waals surface area contributed by atoms with Gasteiger partial charge in [0.05, 0.1) is 25.9 Å². The molecule has 1 aliphatic heterocycles. The van der Waals surface area contributed by atoms with Crippen LogP contribution < -0.4 is 0 Å². The Morgan fingerprint density at radius 1 is 1.56 bits per heavy atom. The summed E-state index contributed by atoms with van der Waals surface area (Å²) in [7, 11) is 0. The molecule has 8 heteroatoms. The lowest BCUT2D eigenvalue weighted by Gasteiger charge is -2.41. The molecule has 1 aliphatic rings. The first-order chi connectivity index (χ1) is 7.45. The Kier molecular flexibility index (Phi) is 4.01. The van der Waals surface area contributed by atoms with Gasteiger partial charge in [0.2, 0.25) is 0 Å². The van der Waals surface area contributed by atoms with Gasteiger partial charge in [0.25, 0.3) is 0 Å². The molecule has 0 N–H and O–H groups in total. The maximum atomic E-state index is 12.8. The fraction of sp³-hybridized carbons (Fsp3) is 1.00. The Morgan fingerprint density at radius 2 is 2.25 bits per heavy atom. The zero-order valence-corrected chi connectivity index (χ0v) is 8.70. The Bertz CT molecular complexity index is 291. The molecule has 0 aromatic rings. The number of ether oxygens (including phenoxy) is 2. The largest absolute Gasteiger partial charge is 0.419 e. The first kappa shape index (κ1) is 13.1. The van der Waals surface area contributed by atoms with Crippen LogP contribution in [0.3, 0.4) is 0 Å². The lowest BCUT2D eigenvalue weighted by atomic mass is 9.99. The molecule has 0 spiro atoms. The van der Waals surface area contributed by atoms with Crippen LogP contribution in [0.5, 0.6) is 0 Å². The van der Waals surface area contributed by atoms with Crippen molar-refractivity contribution in [3.8, 4) is 0 Å². The zero-order valence-electron chi connectivity index (χ0n) is 8.70. The fourth-order valence-corrected chi connectivity index (χ4v) is 1.49. The summed E-state index contributed by atoms with van der Waals surface area (Å²) < 4.78 is 48.2. The highest BCUT2D eigenvalue weighted by molar-refractivity contribution is 4.91. The summed E-state index contributed by atoms with van der Waals surface area (Å²) in [6, 6.07) is 0. The van der Waals surface area contributed by atoms with Crippen molar-refractivity contribution in [2.45, 2.75) is 31.2 Å². The molecule has 1 saturated heterocycles. The quantitative estimate of drug-likeness (QED) is 0.431. The first-order valence-electron chi connectivity index (χ1n) is 4.78. The molecule has 0 radical (unpaired) electrons. The van der Waals surface area contributed by atoms with Gasteiger partial charge in [-0.1, -0.05) is 12.0 Å². The Hall–Kier alpha value is -0.980. The molecule has 0 amide bonds.